The standard InChI is InChI=1S/C34H45N7O3/c1-24-20-27(21-35)37-25(2)31(24)32(42)38-16-11-34(3,12-17-38)40-14-7-28(8-15-40)41-30(29-6-4-5-13-36-29)23-39(33(41)43)22-26-9-18-44-19-10-26/h4-6,13,20,26,28,30H,7-12,14-19,22-23H2,1-3H3/t30-/m1/s1. The topological polar surface area (TPSA) is 106 Å². The van der Waals surface area contributed by atoms with E-state index in [4.69, 9.17) is 4.74 Å². The van der Waals surface area contributed by atoms with Gasteiger partial charge in [-0.2, -0.15) is 5.26 Å². The lowest BCUT2D eigenvalue weighted by Gasteiger charge is -2.50. The number of carbonyl (C=O) groups excluding carboxylic acids is 2. The third-order valence-electron chi connectivity index (χ3n) is 10.5. The quantitative estimate of drug-likeness (QED) is 0.487. The fourth-order valence-electron chi connectivity index (χ4n) is 7.85. The van der Waals surface area contributed by atoms with Crippen molar-refractivity contribution >= 4 is 11.9 Å². The highest BCUT2D eigenvalue weighted by Gasteiger charge is 2.46. The summed E-state index contributed by atoms with van der Waals surface area (Å²) >= 11 is 0. The Bertz CT molecular complexity index is 1360. The van der Waals surface area contributed by atoms with Gasteiger partial charge in [0.05, 0.1) is 23.0 Å². The number of rotatable bonds is 6. The van der Waals surface area contributed by atoms with Crippen LogP contribution < -0.4 is 0 Å². The van der Waals surface area contributed by atoms with Crippen molar-refractivity contribution in [2.45, 2.75) is 76.9 Å². The molecule has 0 bridgehead atoms. The minimum Gasteiger partial charge on any atom is -0.381 e. The summed E-state index contributed by atoms with van der Waals surface area (Å²) in [6.45, 7) is 12.4. The molecule has 6 heterocycles. The molecule has 4 aliphatic heterocycles. The highest BCUT2D eigenvalue weighted by atomic mass is 16.5. The van der Waals surface area contributed by atoms with E-state index in [0.717, 1.165) is 82.6 Å². The summed E-state index contributed by atoms with van der Waals surface area (Å²) in [6.07, 6.45) is 7.55. The number of nitriles is 1. The summed E-state index contributed by atoms with van der Waals surface area (Å²) < 4.78 is 5.56. The number of piperidine rings is 2. The molecular formula is C34H45N7O3. The second kappa shape index (κ2) is 12.8. The average molecular weight is 600 g/mol. The average Bonchev–Trinajstić information content (AvgIpc) is 3.37. The minimum absolute atomic E-state index is 0.0103. The van der Waals surface area contributed by atoms with Crippen LogP contribution in [0.15, 0.2) is 30.5 Å². The van der Waals surface area contributed by atoms with Crippen molar-refractivity contribution < 1.29 is 14.3 Å². The first-order valence-electron chi connectivity index (χ1n) is 16.3. The van der Waals surface area contributed by atoms with Gasteiger partial charge in [-0.05, 0) is 89.0 Å². The molecule has 10 heteroatoms. The van der Waals surface area contributed by atoms with Crippen LogP contribution in [0.1, 0.15) is 84.5 Å². The van der Waals surface area contributed by atoms with Gasteiger partial charge in [-0.3, -0.25) is 14.7 Å². The van der Waals surface area contributed by atoms with E-state index in [2.05, 4.69) is 43.7 Å². The Balaban J connectivity index is 1.09. The number of ether oxygens (including phenoxy) is 1. The number of hydrogen-bond donors (Lipinski definition) is 0. The van der Waals surface area contributed by atoms with E-state index in [-0.39, 0.29) is 29.6 Å². The van der Waals surface area contributed by atoms with E-state index in [1.807, 2.05) is 37.1 Å². The summed E-state index contributed by atoms with van der Waals surface area (Å²) in [6, 6.07) is 10.1. The van der Waals surface area contributed by atoms with Crippen molar-refractivity contribution in [2.24, 2.45) is 5.92 Å². The molecule has 0 radical (unpaired) electrons. The van der Waals surface area contributed by atoms with Crippen LogP contribution in [0.3, 0.4) is 0 Å². The van der Waals surface area contributed by atoms with Crippen LogP contribution in [0.2, 0.25) is 0 Å². The van der Waals surface area contributed by atoms with Gasteiger partial charge in [-0.1, -0.05) is 6.07 Å². The molecule has 6 rings (SSSR count). The van der Waals surface area contributed by atoms with Gasteiger partial charge in [0.2, 0.25) is 0 Å². The zero-order chi connectivity index (χ0) is 30.8. The van der Waals surface area contributed by atoms with Crippen LogP contribution in [-0.4, -0.2) is 106 Å². The lowest BCUT2D eigenvalue weighted by molar-refractivity contribution is 0.00471. The number of aromatic nitrogens is 2. The lowest BCUT2D eigenvalue weighted by atomic mass is 9.85. The number of urea groups is 1. The van der Waals surface area contributed by atoms with E-state index in [1.165, 1.54) is 0 Å². The molecule has 0 aromatic carbocycles. The molecule has 3 amide bonds. The highest BCUT2D eigenvalue weighted by Crippen LogP contribution is 2.38. The second-order valence-corrected chi connectivity index (χ2v) is 13.3. The molecular weight excluding hydrogens is 554 g/mol. The Labute approximate surface area is 261 Å². The van der Waals surface area contributed by atoms with Gasteiger partial charge in [-0.25, -0.2) is 9.78 Å². The fourth-order valence-corrected chi connectivity index (χ4v) is 7.85. The van der Waals surface area contributed by atoms with Gasteiger partial charge in [-0.15, -0.1) is 0 Å². The highest BCUT2D eigenvalue weighted by molar-refractivity contribution is 5.96. The van der Waals surface area contributed by atoms with Gasteiger partial charge >= 0.3 is 6.03 Å². The summed E-state index contributed by atoms with van der Waals surface area (Å²) in [4.78, 5) is 45.2. The number of likely N-dealkylation sites (tertiary alicyclic amines) is 2. The minimum atomic E-state index is -0.0199. The predicted molar refractivity (Wildman–Crippen MR) is 166 cm³/mol. The molecule has 10 nitrogen and oxygen atoms in total. The van der Waals surface area contributed by atoms with Crippen LogP contribution in [0.5, 0.6) is 0 Å². The maximum absolute atomic E-state index is 13.9. The first-order chi connectivity index (χ1) is 21.3. The van der Waals surface area contributed by atoms with Crippen LogP contribution in [0.4, 0.5) is 4.79 Å². The molecule has 0 aliphatic carbocycles. The van der Waals surface area contributed by atoms with E-state index < -0.39 is 0 Å². The van der Waals surface area contributed by atoms with Gasteiger partial charge in [0.25, 0.3) is 5.91 Å². The SMILES string of the molecule is Cc1cc(C#N)nc(C)c1C(=O)N1CCC(C)(N2CCC(N3C(=O)N(CC4CCOCC4)C[C@@H]3c3ccccn3)CC2)CC1. The largest absolute Gasteiger partial charge is 0.381 e. The van der Waals surface area contributed by atoms with Crippen molar-refractivity contribution in [2.75, 3.05) is 52.5 Å². The predicted octanol–water partition coefficient (Wildman–Crippen LogP) is 4.33. The van der Waals surface area contributed by atoms with Gasteiger partial charge < -0.3 is 19.4 Å². The third-order valence-corrected chi connectivity index (χ3v) is 10.5. The maximum atomic E-state index is 13.9. The molecule has 234 valence electrons. The van der Waals surface area contributed by atoms with Crippen LogP contribution in [-0.2, 0) is 4.74 Å². The van der Waals surface area contributed by atoms with E-state index in [9.17, 15) is 14.9 Å². The summed E-state index contributed by atoms with van der Waals surface area (Å²) in [5.74, 6) is 0.508. The molecule has 44 heavy (non-hydrogen) atoms. The van der Waals surface area contributed by atoms with Gasteiger partial charge in [0.15, 0.2) is 0 Å². The number of nitrogens with zero attached hydrogens (tertiary/aromatic N) is 7. The number of pyridine rings is 2. The van der Waals surface area contributed by atoms with E-state index in [1.54, 1.807) is 6.07 Å². The Morgan fingerprint density at radius 2 is 1.82 bits per heavy atom. The third kappa shape index (κ3) is 6.04. The zero-order valence-corrected chi connectivity index (χ0v) is 26.4. The molecule has 0 N–H and O–H groups in total. The Morgan fingerprint density at radius 3 is 2.45 bits per heavy atom. The van der Waals surface area contributed by atoms with E-state index in [0.29, 0.717) is 42.5 Å². The molecule has 4 aliphatic rings. The summed E-state index contributed by atoms with van der Waals surface area (Å²) in [5.41, 5.74) is 3.39. The zero-order valence-electron chi connectivity index (χ0n) is 26.4. The second-order valence-electron chi connectivity index (χ2n) is 13.3. The Hall–Kier alpha value is -3.55. The van der Waals surface area contributed by atoms with Crippen LogP contribution >= 0.6 is 0 Å². The fraction of sp³-hybridized carbons (Fsp3) is 0.618. The molecule has 0 unspecified atom stereocenters. The van der Waals surface area contributed by atoms with Crippen molar-refractivity contribution in [3.63, 3.8) is 0 Å². The smallest absolute Gasteiger partial charge is 0.320 e. The van der Waals surface area contributed by atoms with Crippen molar-refractivity contribution in [3.05, 3.63) is 58.7 Å². The van der Waals surface area contributed by atoms with Crippen molar-refractivity contribution in [1.82, 2.24) is 29.6 Å². The molecule has 0 saturated carbocycles. The number of hydrogen-bond acceptors (Lipinski definition) is 7. The van der Waals surface area contributed by atoms with Crippen molar-refractivity contribution in [1.29, 1.82) is 5.26 Å². The number of carbonyl (C=O) groups is 2. The first kappa shape index (κ1) is 30.5. The number of aryl methyl sites for hydroxylation is 2. The van der Waals surface area contributed by atoms with Gasteiger partial charge in [0, 0.05) is 70.3 Å². The Kier molecular flexibility index (Phi) is 8.88. The Morgan fingerprint density at radius 1 is 1.09 bits per heavy atom. The molecule has 1 atom stereocenters. The molecule has 2 aromatic rings. The lowest BCUT2D eigenvalue weighted by Crippen LogP contribution is -2.58. The molecule has 0 spiro atoms. The number of amides is 3. The molecule has 2 aromatic heterocycles. The van der Waals surface area contributed by atoms with Crippen LogP contribution in [0.25, 0.3) is 0 Å². The molecule has 4 fully saturated rings. The summed E-state index contributed by atoms with van der Waals surface area (Å²) in [5, 5.41) is 9.23. The summed E-state index contributed by atoms with van der Waals surface area (Å²) in [7, 11) is 0. The van der Waals surface area contributed by atoms with Gasteiger partial charge in [0.1, 0.15) is 11.8 Å². The first-order valence-corrected chi connectivity index (χ1v) is 16.3. The normalized spacial score (nSPS) is 23.6. The van der Waals surface area contributed by atoms with Crippen molar-refractivity contribution in [3.8, 4) is 6.07 Å². The van der Waals surface area contributed by atoms with E-state index >= 15 is 0 Å². The molecule has 4 saturated heterocycles. The van der Waals surface area contributed by atoms with Crippen LogP contribution in [0, 0.1) is 31.1 Å². The maximum Gasteiger partial charge on any atom is 0.320 e. The monoisotopic (exact) mass is 599 g/mol.